The molecular weight excluding hydrogens is 238 g/mol. The number of aliphatic hydroxyl groups is 1. The van der Waals surface area contributed by atoms with Crippen LogP contribution in [-0.2, 0) is 10.0 Å². The molecule has 5 heteroatoms. The molecule has 1 fully saturated rings. The molecule has 1 saturated carbocycles. The van der Waals surface area contributed by atoms with E-state index in [2.05, 4.69) is 4.72 Å². The third-order valence-electron chi connectivity index (χ3n) is 2.83. The van der Waals surface area contributed by atoms with Crippen molar-refractivity contribution in [2.45, 2.75) is 18.9 Å². The van der Waals surface area contributed by atoms with Gasteiger partial charge in [0.25, 0.3) is 0 Å². The number of hydrogen-bond donors (Lipinski definition) is 2. The van der Waals surface area contributed by atoms with Crippen molar-refractivity contribution >= 4 is 10.0 Å². The average Bonchev–Trinajstić information content (AvgIpc) is 3.10. The summed E-state index contributed by atoms with van der Waals surface area (Å²) in [5.74, 6) is 0.510. The van der Waals surface area contributed by atoms with Crippen molar-refractivity contribution in [3.63, 3.8) is 0 Å². The molecule has 1 atom stereocenters. The first-order valence-corrected chi connectivity index (χ1v) is 7.42. The zero-order valence-corrected chi connectivity index (χ0v) is 10.4. The summed E-state index contributed by atoms with van der Waals surface area (Å²) in [5.41, 5.74) is 0.724. The number of aliphatic hydroxyl groups excluding tert-OH is 1. The summed E-state index contributed by atoms with van der Waals surface area (Å²) < 4.78 is 25.6. The standard InChI is InChI=1S/C12H17NO3S/c14-12(11-4-2-1-3-5-11)8-13-17(15,16)9-10-6-7-10/h1-5,10,12-14H,6-9H2. The van der Waals surface area contributed by atoms with E-state index in [0.717, 1.165) is 18.4 Å². The number of benzene rings is 1. The van der Waals surface area contributed by atoms with Gasteiger partial charge in [-0.15, -0.1) is 0 Å². The maximum absolute atomic E-state index is 11.6. The summed E-state index contributed by atoms with van der Waals surface area (Å²) in [6.45, 7) is 0.0407. The van der Waals surface area contributed by atoms with Crippen LogP contribution in [-0.4, -0.2) is 25.8 Å². The van der Waals surface area contributed by atoms with Crippen LogP contribution in [0.1, 0.15) is 24.5 Å². The van der Waals surface area contributed by atoms with E-state index < -0.39 is 16.1 Å². The van der Waals surface area contributed by atoms with Crippen LogP contribution in [0.3, 0.4) is 0 Å². The Hall–Kier alpha value is -0.910. The molecule has 0 aromatic heterocycles. The van der Waals surface area contributed by atoms with Gasteiger partial charge in [-0.25, -0.2) is 13.1 Å². The summed E-state index contributed by atoms with van der Waals surface area (Å²) in [4.78, 5) is 0. The highest BCUT2D eigenvalue weighted by Crippen LogP contribution is 2.30. The highest BCUT2D eigenvalue weighted by Gasteiger charge is 2.28. The monoisotopic (exact) mass is 255 g/mol. The third kappa shape index (κ3) is 4.11. The number of rotatable bonds is 6. The fourth-order valence-corrected chi connectivity index (χ4v) is 3.14. The topological polar surface area (TPSA) is 66.4 Å². The summed E-state index contributed by atoms with van der Waals surface area (Å²) in [6.07, 6.45) is 1.22. The number of sulfonamides is 1. The van der Waals surface area contributed by atoms with Gasteiger partial charge in [0.05, 0.1) is 11.9 Å². The lowest BCUT2D eigenvalue weighted by Crippen LogP contribution is -2.31. The third-order valence-corrected chi connectivity index (χ3v) is 4.35. The lowest BCUT2D eigenvalue weighted by Gasteiger charge is -2.12. The molecule has 0 saturated heterocycles. The Balaban J connectivity index is 1.85. The molecule has 17 heavy (non-hydrogen) atoms. The van der Waals surface area contributed by atoms with Crippen LogP contribution >= 0.6 is 0 Å². The molecule has 1 unspecified atom stereocenters. The molecule has 1 aliphatic rings. The Morgan fingerprint density at radius 3 is 2.53 bits per heavy atom. The molecular formula is C12H17NO3S. The fraction of sp³-hybridized carbons (Fsp3) is 0.500. The van der Waals surface area contributed by atoms with Crippen LogP contribution < -0.4 is 4.72 Å². The van der Waals surface area contributed by atoms with Crippen LogP contribution in [0.2, 0.25) is 0 Å². The minimum absolute atomic E-state index is 0.0407. The molecule has 1 aromatic rings. The molecule has 2 rings (SSSR count). The summed E-state index contributed by atoms with van der Waals surface area (Å²) >= 11 is 0. The highest BCUT2D eigenvalue weighted by molar-refractivity contribution is 7.89. The minimum Gasteiger partial charge on any atom is -0.387 e. The normalized spacial score (nSPS) is 17.9. The van der Waals surface area contributed by atoms with Crippen LogP contribution in [0.25, 0.3) is 0 Å². The molecule has 94 valence electrons. The van der Waals surface area contributed by atoms with Crippen molar-refractivity contribution in [2.24, 2.45) is 5.92 Å². The number of hydrogen-bond acceptors (Lipinski definition) is 3. The average molecular weight is 255 g/mol. The fourth-order valence-electron chi connectivity index (χ4n) is 1.65. The van der Waals surface area contributed by atoms with Gasteiger partial charge in [0.2, 0.25) is 10.0 Å². The lowest BCUT2D eigenvalue weighted by atomic mass is 10.1. The van der Waals surface area contributed by atoms with Crippen molar-refractivity contribution in [2.75, 3.05) is 12.3 Å². The van der Waals surface area contributed by atoms with E-state index in [-0.39, 0.29) is 12.3 Å². The maximum Gasteiger partial charge on any atom is 0.211 e. The molecule has 1 aliphatic carbocycles. The van der Waals surface area contributed by atoms with Crippen LogP contribution in [0.4, 0.5) is 0 Å². The summed E-state index contributed by atoms with van der Waals surface area (Å²) in [6, 6.07) is 9.04. The van der Waals surface area contributed by atoms with E-state index in [1.165, 1.54) is 0 Å². The van der Waals surface area contributed by atoms with Crippen molar-refractivity contribution in [1.29, 1.82) is 0 Å². The van der Waals surface area contributed by atoms with E-state index in [0.29, 0.717) is 5.92 Å². The largest absolute Gasteiger partial charge is 0.387 e. The van der Waals surface area contributed by atoms with Gasteiger partial charge in [-0.05, 0) is 24.3 Å². The summed E-state index contributed by atoms with van der Waals surface area (Å²) in [7, 11) is -3.23. The van der Waals surface area contributed by atoms with E-state index in [9.17, 15) is 13.5 Å². The first-order chi connectivity index (χ1) is 8.07. The predicted octanol–water partition coefficient (Wildman–Crippen LogP) is 1.05. The molecule has 0 amide bonds. The van der Waals surface area contributed by atoms with Gasteiger partial charge in [-0.1, -0.05) is 30.3 Å². The van der Waals surface area contributed by atoms with Gasteiger partial charge >= 0.3 is 0 Å². The van der Waals surface area contributed by atoms with Crippen molar-refractivity contribution in [1.82, 2.24) is 4.72 Å². The Labute approximate surface area is 102 Å². The van der Waals surface area contributed by atoms with Crippen molar-refractivity contribution in [3.8, 4) is 0 Å². The van der Waals surface area contributed by atoms with Crippen LogP contribution in [0, 0.1) is 5.92 Å². The van der Waals surface area contributed by atoms with Crippen molar-refractivity contribution in [3.05, 3.63) is 35.9 Å². The van der Waals surface area contributed by atoms with E-state index in [4.69, 9.17) is 0 Å². The molecule has 2 N–H and O–H groups in total. The lowest BCUT2D eigenvalue weighted by molar-refractivity contribution is 0.182. The van der Waals surface area contributed by atoms with Gasteiger partial charge in [-0.2, -0.15) is 0 Å². The molecule has 0 radical (unpaired) electrons. The molecule has 1 aromatic carbocycles. The second-order valence-electron chi connectivity index (χ2n) is 4.50. The SMILES string of the molecule is O=S(=O)(CC1CC1)NCC(O)c1ccccc1. The zero-order valence-electron chi connectivity index (χ0n) is 9.54. The maximum atomic E-state index is 11.6. The zero-order chi connectivity index (χ0) is 12.3. The van der Waals surface area contributed by atoms with Crippen LogP contribution in [0.5, 0.6) is 0 Å². The first-order valence-electron chi connectivity index (χ1n) is 5.77. The Morgan fingerprint density at radius 2 is 1.94 bits per heavy atom. The highest BCUT2D eigenvalue weighted by atomic mass is 32.2. The van der Waals surface area contributed by atoms with Gasteiger partial charge in [0.1, 0.15) is 0 Å². The second kappa shape index (κ2) is 5.16. The molecule has 0 spiro atoms. The molecule has 0 heterocycles. The van der Waals surface area contributed by atoms with E-state index >= 15 is 0 Å². The molecule has 0 bridgehead atoms. The first kappa shape index (κ1) is 12.5. The Bertz CT molecular complexity index is 454. The van der Waals surface area contributed by atoms with Gasteiger partial charge in [0.15, 0.2) is 0 Å². The van der Waals surface area contributed by atoms with Crippen LogP contribution in [0.15, 0.2) is 30.3 Å². The van der Waals surface area contributed by atoms with Gasteiger partial charge in [-0.3, -0.25) is 0 Å². The Morgan fingerprint density at radius 1 is 1.29 bits per heavy atom. The van der Waals surface area contributed by atoms with Gasteiger partial charge in [0, 0.05) is 6.54 Å². The summed E-state index contributed by atoms with van der Waals surface area (Å²) in [5, 5.41) is 9.81. The smallest absolute Gasteiger partial charge is 0.211 e. The Kier molecular flexibility index (Phi) is 3.81. The van der Waals surface area contributed by atoms with Gasteiger partial charge < -0.3 is 5.11 Å². The molecule has 0 aliphatic heterocycles. The minimum atomic E-state index is -3.23. The van der Waals surface area contributed by atoms with E-state index in [1.54, 1.807) is 12.1 Å². The predicted molar refractivity (Wildman–Crippen MR) is 65.9 cm³/mol. The number of nitrogens with one attached hydrogen (secondary N) is 1. The van der Waals surface area contributed by atoms with Crippen molar-refractivity contribution < 1.29 is 13.5 Å². The molecule has 4 nitrogen and oxygen atoms in total. The van der Waals surface area contributed by atoms with E-state index in [1.807, 2.05) is 18.2 Å². The quantitative estimate of drug-likeness (QED) is 0.798. The second-order valence-corrected chi connectivity index (χ2v) is 6.35.